The highest BCUT2D eigenvalue weighted by Gasteiger charge is 2.34. The Labute approximate surface area is 317 Å². The zero-order valence-electron chi connectivity index (χ0n) is 28.6. The molecule has 2 heterocycles. The molecule has 0 saturated heterocycles. The molecule has 0 saturated carbocycles. The van der Waals surface area contributed by atoms with Crippen molar-refractivity contribution in [2.24, 2.45) is 4.99 Å². The van der Waals surface area contributed by atoms with Crippen LogP contribution in [0, 0.1) is 3.57 Å². The summed E-state index contributed by atoms with van der Waals surface area (Å²) in [5, 5.41) is 0.321. The highest BCUT2D eigenvalue weighted by Crippen LogP contribution is 2.38. The van der Waals surface area contributed by atoms with Crippen LogP contribution >= 0.6 is 45.5 Å². The molecule has 3 aromatic carbocycles. The van der Waals surface area contributed by atoms with Gasteiger partial charge in [-0.15, -0.1) is 0 Å². The van der Waals surface area contributed by atoms with Gasteiger partial charge in [-0.1, -0.05) is 41.1 Å². The number of nitrogens with zero attached hydrogens (tertiary/aromatic N) is 2. The van der Waals surface area contributed by atoms with E-state index in [1.165, 1.54) is 23.0 Å². The van der Waals surface area contributed by atoms with Crippen LogP contribution in [0.15, 0.2) is 75.7 Å². The maximum Gasteiger partial charge on any atom is 0.343 e. The van der Waals surface area contributed by atoms with Gasteiger partial charge in [-0.2, -0.15) is 0 Å². The third-order valence-corrected chi connectivity index (χ3v) is 9.58. The lowest BCUT2D eigenvalue weighted by molar-refractivity contribution is -0.143. The molecule has 0 bridgehead atoms. The van der Waals surface area contributed by atoms with Gasteiger partial charge in [0.2, 0.25) is 0 Å². The van der Waals surface area contributed by atoms with E-state index in [0.29, 0.717) is 74.0 Å². The van der Waals surface area contributed by atoms with Crippen molar-refractivity contribution in [3.05, 3.63) is 111 Å². The molecule has 0 aliphatic carbocycles. The normalized spacial score (nSPS) is 14.0. The Morgan fingerprint density at radius 1 is 0.941 bits per heavy atom. The summed E-state index contributed by atoms with van der Waals surface area (Å²) in [5.41, 5.74) is 2.37. The topological polar surface area (TPSA) is 124 Å². The maximum absolute atomic E-state index is 14.3. The zero-order chi connectivity index (χ0) is 36.7. The monoisotopic (exact) mass is 846 g/mol. The first-order chi connectivity index (χ1) is 24.6. The first-order valence-corrected chi connectivity index (χ1v) is 18.3. The molecular weight excluding hydrogens is 811 g/mol. The average molecular weight is 847 g/mol. The largest absolute Gasteiger partial charge is 0.490 e. The van der Waals surface area contributed by atoms with E-state index in [4.69, 9.17) is 40.0 Å². The number of methoxy groups -OCH3 is 1. The van der Waals surface area contributed by atoms with Crippen LogP contribution in [-0.2, 0) is 25.7 Å². The minimum Gasteiger partial charge on any atom is -0.490 e. The van der Waals surface area contributed by atoms with Gasteiger partial charge in [-0.25, -0.2) is 14.6 Å². The predicted molar refractivity (Wildman–Crippen MR) is 202 cm³/mol. The van der Waals surface area contributed by atoms with Crippen molar-refractivity contribution in [3.8, 4) is 23.0 Å². The number of fused-ring (bicyclic) bond motifs is 1. The number of carbonyl (C=O) groups excluding carboxylic acids is 2. The number of hydrogen-bond donors (Lipinski definition) is 0. The second kappa shape index (κ2) is 17.2. The summed E-state index contributed by atoms with van der Waals surface area (Å²) in [7, 11) is 1.27. The van der Waals surface area contributed by atoms with E-state index in [9.17, 15) is 14.4 Å². The lowest BCUT2D eigenvalue weighted by Gasteiger charge is -2.25. The SMILES string of the molecule is CCOC(=O)C1=C(C)N=c2s/c(=C\c3cc(Cl)c(OCc4ccc(I)cc4)c(OCC)c3)c(=O)n2[C@@H]1c1ccc(OCC(=O)OC)c(OCC)c1. The van der Waals surface area contributed by atoms with E-state index in [0.717, 1.165) is 9.13 Å². The van der Waals surface area contributed by atoms with E-state index >= 15 is 0 Å². The number of aromatic nitrogens is 1. The molecule has 0 spiro atoms. The summed E-state index contributed by atoms with van der Waals surface area (Å²) in [6.45, 7) is 7.84. The minimum atomic E-state index is -0.907. The molecule has 11 nitrogen and oxygen atoms in total. The molecule has 0 N–H and O–H groups in total. The van der Waals surface area contributed by atoms with Crippen LogP contribution in [0.5, 0.6) is 23.0 Å². The van der Waals surface area contributed by atoms with Crippen LogP contribution in [0.25, 0.3) is 6.08 Å². The second-order valence-corrected chi connectivity index (χ2v) is 13.6. The molecule has 0 amide bonds. The lowest BCUT2D eigenvalue weighted by Crippen LogP contribution is -2.40. The van der Waals surface area contributed by atoms with E-state index in [-0.39, 0.29) is 24.3 Å². The first-order valence-electron chi connectivity index (χ1n) is 16.1. The number of esters is 2. The standard InChI is InChI=1S/C37H36ClIN2O9S/c1-6-46-28-18-24(11-14-27(28)49-20-31(42)45-5)33-32(36(44)48-8-3)21(4)40-37-41(33)35(43)30(51-37)17-23-15-26(38)34(29(16-23)47-7-2)50-19-22-9-12-25(39)13-10-22/h9-18,33H,6-8,19-20H2,1-5H3/b30-17-/t33-/m1/s1. The Hall–Kier alpha value is -4.34. The average Bonchev–Trinajstić information content (AvgIpc) is 3.41. The molecule has 268 valence electrons. The van der Waals surface area contributed by atoms with Crippen molar-refractivity contribution in [2.45, 2.75) is 40.3 Å². The Bertz CT molecular complexity index is 2140. The van der Waals surface area contributed by atoms with Crippen LogP contribution in [-0.4, -0.2) is 50.0 Å². The van der Waals surface area contributed by atoms with Gasteiger partial charge in [-0.05, 0) is 109 Å². The van der Waals surface area contributed by atoms with Crippen LogP contribution in [0.2, 0.25) is 5.02 Å². The van der Waals surface area contributed by atoms with Gasteiger partial charge in [0, 0.05) is 3.57 Å². The van der Waals surface area contributed by atoms with Gasteiger partial charge >= 0.3 is 11.9 Å². The smallest absolute Gasteiger partial charge is 0.343 e. The number of carbonyl (C=O) groups is 2. The molecule has 1 aliphatic heterocycles. The molecule has 0 unspecified atom stereocenters. The van der Waals surface area contributed by atoms with E-state index in [1.807, 2.05) is 31.2 Å². The fourth-order valence-corrected chi connectivity index (χ4v) is 7.03. The van der Waals surface area contributed by atoms with Crippen molar-refractivity contribution in [1.82, 2.24) is 4.57 Å². The molecule has 14 heteroatoms. The fraction of sp³-hybridized carbons (Fsp3) is 0.297. The van der Waals surface area contributed by atoms with E-state index in [1.54, 1.807) is 57.2 Å². The molecule has 1 aliphatic rings. The summed E-state index contributed by atoms with van der Waals surface area (Å²) in [6, 6.07) is 15.5. The number of thiazole rings is 1. The molecule has 0 radical (unpaired) electrons. The Kier molecular flexibility index (Phi) is 12.8. The Balaban J connectivity index is 1.59. The highest BCUT2D eigenvalue weighted by atomic mass is 127. The van der Waals surface area contributed by atoms with Crippen molar-refractivity contribution >= 4 is 63.5 Å². The number of allylic oxidation sites excluding steroid dienone is 1. The first kappa shape index (κ1) is 37.9. The summed E-state index contributed by atoms with van der Waals surface area (Å²) in [4.78, 5) is 44.5. The van der Waals surface area contributed by atoms with Crippen molar-refractivity contribution in [1.29, 1.82) is 0 Å². The number of halogens is 2. The summed E-state index contributed by atoms with van der Waals surface area (Å²) >= 11 is 10.2. The molecule has 1 atom stereocenters. The Morgan fingerprint density at radius 3 is 2.35 bits per heavy atom. The number of rotatable bonds is 14. The quantitative estimate of drug-likeness (QED) is 0.111. The molecule has 5 rings (SSSR count). The molecule has 4 aromatic rings. The van der Waals surface area contributed by atoms with Crippen molar-refractivity contribution in [2.75, 3.05) is 33.5 Å². The van der Waals surface area contributed by atoms with Gasteiger partial charge in [0.05, 0.1) is 53.8 Å². The number of hydrogen-bond acceptors (Lipinski definition) is 11. The van der Waals surface area contributed by atoms with Crippen LogP contribution in [0.4, 0.5) is 0 Å². The minimum absolute atomic E-state index is 0.130. The van der Waals surface area contributed by atoms with Crippen LogP contribution < -0.4 is 33.8 Å². The predicted octanol–water partition coefficient (Wildman–Crippen LogP) is 5.98. The zero-order valence-corrected chi connectivity index (χ0v) is 32.3. The second-order valence-electron chi connectivity index (χ2n) is 11.0. The van der Waals surface area contributed by atoms with Gasteiger partial charge in [0.15, 0.2) is 34.4 Å². The van der Waals surface area contributed by atoms with E-state index < -0.39 is 18.0 Å². The van der Waals surface area contributed by atoms with Gasteiger partial charge in [-0.3, -0.25) is 9.36 Å². The summed E-state index contributed by atoms with van der Waals surface area (Å²) in [5.74, 6) is 0.290. The number of benzene rings is 3. The number of ether oxygens (including phenoxy) is 6. The Morgan fingerprint density at radius 2 is 1.67 bits per heavy atom. The van der Waals surface area contributed by atoms with Gasteiger partial charge in [0.25, 0.3) is 5.56 Å². The molecule has 1 aromatic heterocycles. The van der Waals surface area contributed by atoms with Gasteiger partial charge < -0.3 is 28.4 Å². The van der Waals surface area contributed by atoms with Gasteiger partial charge in [0.1, 0.15) is 6.61 Å². The highest BCUT2D eigenvalue weighted by molar-refractivity contribution is 14.1. The van der Waals surface area contributed by atoms with E-state index in [2.05, 4.69) is 27.6 Å². The van der Waals surface area contributed by atoms with Crippen LogP contribution in [0.3, 0.4) is 0 Å². The third kappa shape index (κ3) is 8.76. The van der Waals surface area contributed by atoms with Crippen molar-refractivity contribution < 1.29 is 38.0 Å². The molecular formula is C37H36ClIN2O9S. The maximum atomic E-state index is 14.3. The summed E-state index contributed by atoms with van der Waals surface area (Å²) in [6.07, 6.45) is 1.71. The molecule has 51 heavy (non-hydrogen) atoms. The third-order valence-electron chi connectivity index (χ3n) is 7.60. The van der Waals surface area contributed by atoms with Crippen molar-refractivity contribution in [3.63, 3.8) is 0 Å². The lowest BCUT2D eigenvalue weighted by atomic mass is 9.95. The molecule has 0 fully saturated rings. The fourth-order valence-electron chi connectivity index (χ4n) is 5.35. The summed E-state index contributed by atoms with van der Waals surface area (Å²) < 4.78 is 36.6. The van der Waals surface area contributed by atoms with Crippen LogP contribution in [0.1, 0.15) is 50.4 Å².